The van der Waals surface area contributed by atoms with Gasteiger partial charge in [0.15, 0.2) is 0 Å². The molecule has 1 aromatic rings. The first-order valence-corrected chi connectivity index (χ1v) is 3.93. The summed E-state index contributed by atoms with van der Waals surface area (Å²) in [6.07, 6.45) is 0. The predicted octanol–water partition coefficient (Wildman–Crippen LogP) is -1.33. The minimum Gasteiger partial charge on any atom is -0.420 e. The van der Waals surface area contributed by atoms with Crippen molar-refractivity contribution in [3.05, 3.63) is 29.8 Å². The zero-order valence-corrected chi connectivity index (χ0v) is 9.35. The van der Waals surface area contributed by atoms with E-state index in [1.165, 1.54) is 0 Å². The van der Waals surface area contributed by atoms with Crippen LogP contribution in [0.3, 0.4) is 0 Å². The molecule has 54 valence electrons. The second-order valence-electron chi connectivity index (χ2n) is 2.05. The Hall–Kier alpha value is 0.170. The van der Waals surface area contributed by atoms with Gasteiger partial charge in [-0.1, -0.05) is 34.7 Å². The van der Waals surface area contributed by atoms with Crippen LogP contribution < -0.4 is 29.6 Å². The van der Waals surface area contributed by atoms with Gasteiger partial charge in [-0.15, -0.1) is 0 Å². The third-order valence-electron chi connectivity index (χ3n) is 1.18. The summed E-state index contributed by atoms with van der Waals surface area (Å²) in [5.41, 5.74) is 0.960. The summed E-state index contributed by atoms with van der Waals surface area (Å²) in [5, 5.41) is 0. The topological polar surface area (TPSA) is 34.1 Å². The van der Waals surface area contributed by atoms with Gasteiger partial charge >= 0.3 is 29.6 Å². The van der Waals surface area contributed by atoms with E-state index < -0.39 is 10.7 Å². The molecule has 0 N–H and O–H groups in total. The summed E-state index contributed by atoms with van der Waals surface area (Å²) in [4.78, 5) is 0.347. The van der Waals surface area contributed by atoms with Gasteiger partial charge in [0.2, 0.25) is 0 Å². The van der Waals surface area contributed by atoms with Crippen LogP contribution in [0, 0.1) is 6.92 Å². The van der Waals surface area contributed by atoms with E-state index in [2.05, 4.69) is 0 Å². The Balaban J connectivity index is 0.000001000. The predicted molar refractivity (Wildman–Crippen MR) is 38.2 cm³/mol. The van der Waals surface area contributed by atoms with E-state index in [1.807, 2.05) is 13.0 Å². The first-order chi connectivity index (χ1) is 4.70. The molecule has 0 heterocycles. The van der Waals surface area contributed by atoms with E-state index in [0.717, 1.165) is 5.56 Å². The molecule has 0 aliphatic heterocycles. The average Bonchev–Trinajstić information content (AvgIpc) is 1.88. The first kappa shape index (κ1) is 11.2. The van der Waals surface area contributed by atoms with Gasteiger partial charge < -0.3 is 8.42 Å². The summed E-state index contributed by atoms with van der Waals surface area (Å²) in [7, 11) is -2.09. The monoisotopic (exact) mass is 178 g/mol. The Morgan fingerprint density at radius 1 is 1.27 bits per heavy atom. The first-order valence-electron chi connectivity index (χ1n) is 2.86. The molecule has 0 bridgehead atoms. The number of benzene rings is 1. The van der Waals surface area contributed by atoms with Gasteiger partial charge in [-0.3, -0.25) is 0 Å². The van der Waals surface area contributed by atoms with Crippen LogP contribution in [-0.2, 0) is 19.1 Å². The van der Waals surface area contributed by atoms with Crippen molar-refractivity contribution in [1.29, 1.82) is 0 Å². The Labute approximate surface area is 89.9 Å². The molecule has 0 spiro atoms. The van der Waals surface area contributed by atoms with Gasteiger partial charge in [0.1, 0.15) is 0 Å². The Bertz CT molecular complexity index is 299. The van der Waals surface area contributed by atoms with E-state index in [4.69, 9.17) is 0 Å². The Morgan fingerprint density at radius 2 is 1.91 bits per heavy atom. The molecule has 0 atom stereocenters. The van der Waals surface area contributed by atoms with E-state index in [-0.39, 0.29) is 29.6 Å². The van der Waals surface area contributed by atoms with Crippen molar-refractivity contribution in [3.63, 3.8) is 0 Å². The fraction of sp³-hybridized carbons (Fsp3) is 0.143. The SMILES string of the molecule is Cc1cccc([S-](=O)=O)c1.[Na+]. The van der Waals surface area contributed by atoms with Crippen LogP contribution in [-0.4, -0.2) is 0 Å². The molecular weight excluding hydrogens is 171 g/mol. The van der Waals surface area contributed by atoms with Gasteiger partial charge in [-0.05, 0) is 17.6 Å². The van der Waals surface area contributed by atoms with Crippen LogP contribution in [0.2, 0.25) is 0 Å². The normalized spacial score (nSPS) is 9.27. The van der Waals surface area contributed by atoms with Crippen LogP contribution in [0.25, 0.3) is 0 Å². The van der Waals surface area contributed by atoms with Crippen LogP contribution in [0.5, 0.6) is 0 Å². The molecule has 1 rings (SSSR count). The van der Waals surface area contributed by atoms with Gasteiger partial charge in [0.25, 0.3) is 0 Å². The fourth-order valence-corrected chi connectivity index (χ4v) is 1.19. The molecule has 1 aromatic carbocycles. The molecule has 11 heavy (non-hydrogen) atoms. The molecule has 0 unspecified atom stereocenters. The maximum absolute atomic E-state index is 10.4. The van der Waals surface area contributed by atoms with Crippen LogP contribution >= 0.6 is 0 Å². The molecule has 0 aliphatic carbocycles. The molecule has 0 aliphatic rings. The maximum Gasteiger partial charge on any atom is 1.00 e. The van der Waals surface area contributed by atoms with E-state index in [9.17, 15) is 8.42 Å². The standard InChI is InChI=1S/C7H7O2S.Na/c1-6-3-2-4-7(5-6)10(8)9;/h2-5H,1H3;/q-1;+1. The van der Waals surface area contributed by atoms with Crippen LogP contribution in [0.1, 0.15) is 5.56 Å². The zero-order chi connectivity index (χ0) is 7.56. The number of aryl methyl sites for hydroxylation is 1. The third-order valence-corrected chi connectivity index (χ3v) is 1.82. The molecule has 0 radical (unpaired) electrons. The summed E-state index contributed by atoms with van der Waals surface area (Å²) < 4.78 is 20.7. The van der Waals surface area contributed by atoms with Crippen molar-refractivity contribution >= 4 is 10.7 Å². The minimum atomic E-state index is -2.09. The number of rotatable bonds is 1. The number of hydrogen-bond donors (Lipinski definition) is 0. The minimum absolute atomic E-state index is 0. The average molecular weight is 178 g/mol. The molecule has 0 saturated heterocycles. The van der Waals surface area contributed by atoms with Crippen LogP contribution in [0.4, 0.5) is 0 Å². The van der Waals surface area contributed by atoms with Crippen molar-refractivity contribution in [2.75, 3.05) is 0 Å². The van der Waals surface area contributed by atoms with Gasteiger partial charge in [0, 0.05) is 0 Å². The zero-order valence-electron chi connectivity index (χ0n) is 6.53. The molecule has 0 saturated carbocycles. The van der Waals surface area contributed by atoms with Crippen molar-refractivity contribution in [3.8, 4) is 0 Å². The van der Waals surface area contributed by atoms with Crippen molar-refractivity contribution in [2.45, 2.75) is 11.8 Å². The van der Waals surface area contributed by atoms with Gasteiger partial charge in [0.05, 0.1) is 0 Å². The largest absolute Gasteiger partial charge is 1.00 e. The fourth-order valence-electron chi connectivity index (χ4n) is 0.719. The van der Waals surface area contributed by atoms with Gasteiger partial charge in [-0.2, -0.15) is 0 Å². The molecule has 2 nitrogen and oxygen atoms in total. The van der Waals surface area contributed by atoms with E-state index in [0.29, 0.717) is 4.90 Å². The van der Waals surface area contributed by atoms with Crippen LogP contribution in [0.15, 0.2) is 29.2 Å². The van der Waals surface area contributed by atoms with Crippen molar-refractivity contribution in [1.82, 2.24) is 0 Å². The molecule has 0 aromatic heterocycles. The summed E-state index contributed by atoms with van der Waals surface area (Å²) in [6.45, 7) is 1.86. The second kappa shape index (κ2) is 4.93. The second-order valence-corrected chi connectivity index (χ2v) is 2.99. The van der Waals surface area contributed by atoms with Crippen molar-refractivity contribution < 1.29 is 38.0 Å². The summed E-state index contributed by atoms with van der Waals surface area (Å²) >= 11 is 0. The maximum atomic E-state index is 10.4. The quantitative estimate of drug-likeness (QED) is 0.394. The third kappa shape index (κ3) is 3.38. The number of hydrogen-bond acceptors (Lipinski definition) is 3. The summed E-state index contributed by atoms with van der Waals surface area (Å²) in [5.74, 6) is 0. The molecule has 4 heteroatoms. The summed E-state index contributed by atoms with van der Waals surface area (Å²) in [6, 6.07) is 6.77. The van der Waals surface area contributed by atoms with Gasteiger partial charge in [-0.25, -0.2) is 0 Å². The van der Waals surface area contributed by atoms with E-state index in [1.54, 1.807) is 18.2 Å². The van der Waals surface area contributed by atoms with E-state index >= 15 is 0 Å². The molecule has 0 fully saturated rings. The smallest absolute Gasteiger partial charge is 0.420 e. The molecule has 0 amide bonds. The molecular formula is C7H7NaO2S. The van der Waals surface area contributed by atoms with Crippen molar-refractivity contribution in [2.24, 2.45) is 0 Å². The Morgan fingerprint density at radius 3 is 2.27 bits per heavy atom. The Kier molecular flexibility index (Phi) is 5.01.